The third-order valence-corrected chi connectivity index (χ3v) is 7.75. The van der Waals surface area contributed by atoms with E-state index in [0.29, 0.717) is 0 Å². The zero-order chi connectivity index (χ0) is 31.8. The number of nitrogens with one attached hydrogen (secondary N) is 1. The third-order valence-electron chi connectivity index (χ3n) is 5.99. The summed E-state index contributed by atoms with van der Waals surface area (Å²) in [6, 6.07) is 12.5. The number of rotatable bonds is 8. The first-order chi connectivity index (χ1) is 20.7. The van der Waals surface area contributed by atoms with E-state index in [2.05, 4.69) is 30.5 Å². The quantitative estimate of drug-likeness (QED) is 0.0466. The largest absolute Gasteiger partial charge is 1.00 e. The molecule has 0 saturated carbocycles. The summed E-state index contributed by atoms with van der Waals surface area (Å²) in [7, 11) is -10.1. The van der Waals surface area contributed by atoms with Crippen molar-refractivity contribution in [3.63, 3.8) is 0 Å². The molecule has 224 valence electrons. The van der Waals surface area contributed by atoms with Gasteiger partial charge in [-0.3, -0.25) is 4.79 Å². The topological polar surface area (TPSA) is 263 Å². The van der Waals surface area contributed by atoms with Crippen LogP contribution >= 0.6 is 0 Å². The molecule has 2 heterocycles. The van der Waals surface area contributed by atoms with Crippen LogP contribution in [0.4, 0.5) is 33.1 Å². The van der Waals surface area contributed by atoms with E-state index in [1.807, 2.05) is 0 Å². The van der Waals surface area contributed by atoms with Crippen molar-refractivity contribution in [3.05, 3.63) is 84.7 Å². The maximum absolute atomic E-state index is 14.3. The smallest absolute Gasteiger partial charge is 0.744 e. The maximum Gasteiger partial charge on any atom is 1.00 e. The Bertz CT molecular complexity index is 2230. The molecule has 0 fully saturated rings. The van der Waals surface area contributed by atoms with Crippen molar-refractivity contribution < 1.29 is 98.8 Å². The molecule has 0 bridgehead atoms. The van der Waals surface area contributed by atoms with Crippen LogP contribution in [-0.4, -0.2) is 46.8 Å². The normalized spacial score (nSPS) is 11.5. The molecule has 5 aromatic rings. The van der Waals surface area contributed by atoms with E-state index in [1.165, 1.54) is 47.3 Å². The Morgan fingerprint density at radius 3 is 2.04 bits per heavy atom. The third kappa shape index (κ3) is 8.25. The number of halogens is 1. The molecule has 5 N–H and O–H groups in total. The minimum Gasteiger partial charge on any atom is -0.744 e. The van der Waals surface area contributed by atoms with Crippen LogP contribution in [0.15, 0.2) is 93.1 Å². The Balaban J connectivity index is 0.00000288. The summed E-state index contributed by atoms with van der Waals surface area (Å²) < 4.78 is 87.1. The van der Waals surface area contributed by atoms with Crippen LogP contribution in [-0.2, 0) is 20.2 Å². The minimum absolute atomic E-state index is 0. The number of azo groups is 1. The van der Waals surface area contributed by atoms with Crippen LogP contribution in [0, 0.1) is 6.08 Å². The van der Waals surface area contributed by atoms with E-state index in [4.69, 9.17) is 11.5 Å². The first-order valence-electron chi connectivity index (χ1n) is 12.0. The number of pyridine rings is 1. The Kier molecular flexibility index (Phi) is 11.7. The number of fused-ring (bicyclic) bond motifs is 1. The molecule has 46 heavy (non-hydrogen) atoms. The van der Waals surface area contributed by atoms with Crippen molar-refractivity contribution in [3.8, 4) is 5.95 Å². The summed E-state index contributed by atoms with van der Waals surface area (Å²) in [5.41, 5.74) is 10.7. The molecule has 0 aliphatic rings. The zero-order valence-electron chi connectivity index (χ0n) is 23.8. The molecular formula is C25H17FN9Na2O7S2+. The number of primary amides is 1. The molecule has 0 spiro atoms. The number of amides is 1. The zero-order valence-corrected chi connectivity index (χ0v) is 29.5. The van der Waals surface area contributed by atoms with Gasteiger partial charge in [-0.1, -0.05) is 24.3 Å². The van der Waals surface area contributed by atoms with E-state index in [-0.39, 0.29) is 104 Å². The number of nitrogen functional groups attached to an aromatic ring is 1. The first kappa shape index (κ1) is 37.0. The summed E-state index contributed by atoms with van der Waals surface area (Å²) in [5.74, 6) is -1.23. The second-order valence-corrected chi connectivity index (χ2v) is 11.6. The molecule has 0 atom stereocenters. The van der Waals surface area contributed by atoms with Gasteiger partial charge in [0, 0.05) is 22.0 Å². The van der Waals surface area contributed by atoms with Gasteiger partial charge >= 0.3 is 77.1 Å². The number of nitrogens with two attached hydrogens (primary N) is 2. The molecule has 0 aliphatic carbocycles. The fraction of sp³-hybridized carbons (Fsp3) is 0. The van der Waals surface area contributed by atoms with Crippen molar-refractivity contribution in [2.24, 2.45) is 16.0 Å². The maximum atomic E-state index is 14.3. The minimum atomic E-state index is -5.11. The molecule has 16 nitrogen and oxygen atoms in total. The average Bonchev–Trinajstić information content (AvgIpc) is 2.95. The summed E-state index contributed by atoms with van der Waals surface area (Å²) >= 11 is 0. The molecule has 21 heteroatoms. The molecule has 0 radical (unpaired) electrons. The van der Waals surface area contributed by atoms with Crippen LogP contribution in [0.25, 0.3) is 16.7 Å². The van der Waals surface area contributed by atoms with Crippen LogP contribution < -0.4 is 80.5 Å². The number of carbonyl (C=O) groups is 1. The fourth-order valence-corrected chi connectivity index (χ4v) is 5.29. The number of carbonyl (C=O) groups excluding carboxylic acids is 1. The Labute approximate surface area is 304 Å². The molecule has 3 aromatic carbocycles. The average molecular weight is 685 g/mol. The van der Waals surface area contributed by atoms with Crippen molar-refractivity contribution >= 4 is 65.6 Å². The van der Waals surface area contributed by atoms with Crippen LogP contribution in [0.5, 0.6) is 0 Å². The number of hydrogen-bond acceptors (Lipinski definition) is 14. The van der Waals surface area contributed by atoms with Crippen molar-refractivity contribution in [1.29, 1.82) is 0 Å². The van der Waals surface area contributed by atoms with Crippen LogP contribution in [0.1, 0.15) is 10.4 Å². The number of hydrogen-bond donors (Lipinski definition) is 3. The van der Waals surface area contributed by atoms with E-state index in [0.717, 1.165) is 24.3 Å². The van der Waals surface area contributed by atoms with Gasteiger partial charge in [0.15, 0.2) is 0 Å². The van der Waals surface area contributed by atoms with Gasteiger partial charge in [0.05, 0.1) is 27.9 Å². The van der Waals surface area contributed by atoms with Gasteiger partial charge in [0.2, 0.25) is 5.91 Å². The number of aromatic nitrogens is 4. The first-order valence-corrected chi connectivity index (χ1v) is 14.8. The summed E-state index contributed by atoms with van der Waals surface area (Å²) in [5, 5.41) is 10.5. The number of anilines is 3. The predicted molar refractivity (Wildman–Crippen MR) is 148 cm³/mol. The molecule has 0 aliphatic heterocycles. The monoisotopic (exact) mass is 684 g/mol. The van der Waals surface area contributed by atoms with Gasteiger partial charge in [-0.25, -0.2) is 21.4 Å². The molecule has 0 saturated heterocycles. The van der Waals surface area contributed by atoms with E-state index in [9.17, 15) is 35.1 Å². The van der Waals surface area contributed by atoms with E-state index in [1.54, 1.807) is 6.07 Å². The Hall–Kier alpha value is -3.50. The second-order valence-electron chi connectivity index (χ2n) is 8.86. The predicted octanol–water partition coefficient (Wildman–Crippen LogP) is -3.90. The van der Waals surface area contributed by atoms with Crippen molar-refractivity contribution in [2.75, 3.05) is 11.1 Å². The number of nitrogens with zero attached hydrogens (tertiary/aromatic N) is 6. The van der Waals surface area contributed by atoms with Gasteiger partial charge < -0.3 is 25.9 Å². The molecule has 0 unspecified atom stereocenters. The number of benzene rings is 3. The fourth-order valence-electron chi connectivity index (χ4n) is 4.00. The van der Waals surface area contributed by atoms with Crippen LogP contribution in [0.3, 0.4) is 0 Å². The van der Waals surface area contributed by atoms with E-state index >= 15 is 0 Å². The summed E-state index contributed by atoms with van der Waals surface area (Å²) in [6.45, 7) is 0. The summed E-state index contributed by atoms with van der Waals surface area (Å²) in [4.78, 5) is 21.1. The van der Waals surface area contributed by atoms with E-state index < -0.39 is 47.7 Å². The molecule has 1 amide bonds. The van der Waals surface area contributed by atoms with Gasteiger partial charge in [-0.15, -0.1) is 19.6 Å². The Morgan fingerprint density at radius 1 is 0.826 bits per heavy atom. The molecular weight excluding hydrogens is 667 g/mol. The standard InChI is InChI=1S/C25H18FN9O7S2.2Na/c26-23-30-24(32-25(31-23)35-9-7-13(8-10-35)22(28)36)29-14-5-6-19(43(37,38)39)17(11-14)33-34-18-12-20(44(40,41)42)15-3-1-2-4-16(15)21(18)27;;/h1-12H,(H6-,27,28,29,30,31,32,33,36,37,38,39,40,41,42);;/q;2*+1/p-1. The second kappa shape index (κ2) is 14.5. The van der Waals surface area contributed by atoms with Crippen LogP contribution in [0.2, 0.25) is 0 Å². The van der Waals surface area contributed by atoms with Gasteiger partial charge in [-0.2, -0.15) is 0 Å². The van der Waals surface area contributed by atoms with Gasteiger partial charge in [0.1, 0.15) is 31.6 Å². The molecule has 5 rings (SSSR count). The Morgan fingerprint density at radius 2 is 1.43 bits per heavy atom. The van der Waals surface area contributed by atoms with Gasteiger partial charge in [0.25, 0.3) is 0 Å². The molecule has 2 aromatic heterocycles. The van der Waals surface area contributed by atoms with Gasteiger partial charge in [-0.05, 0) is 46.4 Å². The van der Waals surface area contributed by atoms with Crippen molar-refractivity contribution in [1.82, 2.24) is 15.0 Å². The van der Waals surface area contributed by atoms with Crippen molar-refractivity contribution in [2.45, 2.75) is 9.79 Å². The summed E-state index contributed by atoms with van der Waals surface area (Å²) in [6.07, 6.45) is 1.51. The SMILES string of the molecule is NC(=O)c1cc[n+](-c2nc(F)nc(Nc3ccc(S(=O)(=O)[O-])c(N=Nc4cc(S(=O)(=O)[O-])c5ccccc5c4N)c3)n2)cc1.[Na+].[Na+].